The highest BCUT2D eigenvalue weighted by atomic mass is 35.5. The Morgan fingerprint density at radius 1 is 1.12 bits per heavy atom. The molecule has 0 aliphatic heterocycles. The summed E-state index contributed by atoms with van der Waals surface area (Å²) in [4.78, 5) is 4.48. The van der Waals surface area contributed by atoms with Gasteiger partial charge in [-0.05, 0) is 49.1 Å². The van der Waals surface area contributed by atoms with Crippen LogP contribution in [0, 0.1) is 19.8 Å². The fraction of sp³-hybridized carbons (Fsp3) is 0.350. The number of benzene rings is 1. The number of aromatic nitrogens is 2. The lowest BCUT2D eigenvalue weighted by Gasteiger charge is -2.13. The molecular weight excluding hydrogens is 355 g/mol. The van der Waals surface area contributed by atoms with Crippen LogP contribution in [0.15, 0.2) is 30.5 Å². The van der Waals surface area contributed by atoms with Crippen molar-refractivity contribution in [3.8, 4) is 5.88 Å². The van der Waals surface area contributed by atoms with Crippen LogP contribution in [0.4, 0.5) is 0 Å². The first-order valence-electron chi connectivity index (χ1n) is 8.39. The minimum absolute atomic E-state index is 0.442. The van der Waals surface area contributed by atoms with Crippen molar-refractivity contribution in [2.24, 2.45) is 5.92 Å². The lowest BCUT2D eigenvalue weighted by molar-refractivity contribution is 0.263. The van der Waals surface area contributed by atoms with Crippen LogP contribution in [0.25, 0.3) is 10.9 Å². The van der Waals surface area contributed by atoms with E-state index in [0.29, 0.717) is 35.0 Å². The van der Waals surface area contributed by atoms with Crippen molar-refractivity contribution in [2.45, 2.75) is 34.2 Å². The Morgan fingerprint density at radius 3 is 2.56 bits per heavy atom. The van der Waals surface area contributed by atoms with E-state index in [1.54, 1.807) is 0 Å². The first kappa shape index (κ1) is 18.1. The van der Waals surface area contributed by atoms with Crippen molar-refractivity contribution in [1.82, 2.24) is 9.55 Å². The Hall–Kier alpha value is -1.71. The Kier molecular flexibility index (Phi) is 5.26. The van der Waals surface area contributed by atoms with Crippen LogP contribution in [0.2, 0.25) is 10.0 Å². The van der Waals surface area contributed by atoms with Gasteiger partial charge < -0.3 is 9.30 Å². The fourth-order valence-corrected chi connectivity index (χ4v) is 3.25. The van der Waals surface area contributed by atoms with E-state index >= 15 is 0 Å². The van der Waals surface area contributed by atoms with E-state index in [0.717, 1.165) is 11.1 Å². The monoisotopic (exact) mass is 376 g/mol. The third kappa shape index (κ3) is 3.63. The zero-order chi connectivity index (χ0) is 18.1. The molecule has 2 heterocycles. The fourth-order valence-electron chi connectivity index (χ4n) is 2.93. The van der Waals surface area contributed by atoms with Gasteiger partial charge in [-0.3, -0.25) is 0 Å². The number of halogens is 2. The van der Waals surface area contributed by atoms with Gasteiger partial charge in [-0.15, -0.1) is 0 Å². The molecule has 0 radical (unpaired) electrons. The first-order valence-corrected chi connectivity index (χ1v) is 9.15. The molecule has 0 atom stereocenters. The van der Waals surface area contributed by atoms with Crippen molar-refractivity contribution < 1.29 is 4.74 Å². The lowest BCUT2D eigenvalue weighted by atomic mass is 10.2. The molecule has 0 N–H and O–H groups in total. The molecule has 0 unspecified atom stereocenters. The molecule has 5 heteroatoms. The number of rotatable bonds is 5. The summed E-state index contributed by atoms with van der Waals surface area (Å²) in [5.41, 5.74) is 4.56. The standard InChI is InChI=1S/C20H22Cl2N2O/c1-12(2)11-25-20-19-16(7-8-23-20)13(3)14(4)24(19)10-15-5-6-17(21)18(22)9-15/h5-9,12H,10-11H2,1-4H3. The summed E-state index contributed by atoms with van der Waals surface area (Å²) in [5, 5.41) is 2.31. The van der Waals surface area contributed by atoms with Gasteiger partial charge in [-0.25, -0.2) is 4.98 Å². The maximum atomic E-state index is 6.18. The van der Waals surface area contributed by atoms with Crippen molar-refractivity contribution in [3.63, 3.8) is 0 Å². The van der Waals surface area contributed by atoms with E-state index in [4.69, 9.17) is 27.9 Å². The summed E-state index contributed by atoms with van der Waals surface area (Å²) in [5.74, 6) is 1.13. The van der Waals surface area contributed by atoms with Crippen LogP contribution >= 0.6 is 23.2 Å². The average Bonchev–Trinajstić information content (AvgIpc) is 2.82. The summed E-state index contributed by atoms with van der Waals surface area (Å²) in [6.07, 6.45) is 1.81. The Labute approximate surface area is 158 Å². The first-order chi connectivity index (χ1) is 11.9. The average molecular weight is 377 g/mol. The molecular formula is C20H22Cl2N2O. The summed E-state index contributed by atoms with van der Waals surface area (Å²) in [6.45, 7) is 9.85. The second-order valence-electron chi connectivity index (χ2n) is 6.76. The lowest BCUT2D eigenvalue weighted by Crippen LogP contribution is -2.08. The summed E-state index contributed by atoms with van der Waals surface area (Å²) >= 11 is 12.2. The minimum Gasteiger partial charge on any atom is -0.476 e. The second-order valence-corrected chi connectivity index (χ2v) is 7.58. The predicted molar refractivity (Wildman–Crippen MR) is 105 cm³/mol. The maximum Gasteiger partial charge on any atom is 0.238 e. The summed E-state index contributed by atoms with van der Waals surface area (Å²) in [6, 6.07) is 7.79. The molecule has 0 amide bonds. The van der Waals surface area contributed by atoms with Crippen LogP contribution < -0.4 is 4.74 Å². The molecule has 0 saturated heterocycles. The van der Waals surface area contributed by atoms with E-state index in [2.05, 4.69) is 37.2 Å². The van der Waals surface area contributed by atoms with Crippen molar-refractivity contribution in [1.29, 1.82) is 0 Å². The van der Waals surface area contributed by atoms with Crippen molar-refractivity contribution in [3.05, 3.63) is 57.3 Å². The second kappa shape index (κ2) is 7.27. The largest absolute Gasteiger partial charge is 0.476 e. The number of aryl methyl sites for hydroxylation is 1. The molecule has 3 aromatic rings. The highest BCUT2D eigenvalue weighted by molar-refractivity contribution is 6.42. The van der Waals surface area contributed by atoms with Gasteiger partial charge >= 0.3 is 0 Å². The van der Waals surface area contributed by atoms with Crippen LogP contribution in [0.5, 0.6) is 5.88 Å². The SMILES string of the molecule is Cc1c(C)n(Cc2ccc(Cl)c(Cl)c2)c2c(OCC(C)C)nccc12. The molecule has 0 spiro atoms. The number of fused-ring (bicyclic) bond motifs is 1. The zero-order valence-corrected chi connectivity index (χ0v) is 16.4. The van der Waals surface area contributed by atoms with Crippen molar-refractivity contribution >= 4 is 34.1 Å². The van der Waals surface area contributed by atoms with Gasteiger partial charge in [0.25, 0.3) is 0 Å². The molecule has 3 nitrogen and oxygen atoms in total. The van der Waals surface area contributed by atoms with E-state index in [1.807, 2.05) is 30.5 Å². The minimum atomic E-state index is 0.442. The smallest absolute Gasteiger partial charge is 0.238 e. The summed E-state index contributed by atoms with van der Waals surface area (Å²) in [7, 11) is 0. The molecule has 0 aliphatic carbocycles. The Balaban J connectivity index is 2.09. The zero-order valence-electron chi connectivity index (χ0n) is 14.9. The van der Waals surface area contributed by atoms with Gasteiger partial charge in [0.2, 0.25) is 5.88 Å². The number of pyridine rings is 1. The Bertz CT molecular complexity index is 916. The van der Waals surface area contributed by atoms with Gasteiger partial charge in [-0.2, -0.15) is 0 Å². The quantitative estimate of drug-likeness (QED) is 0.542. The molecule has 1 aromatic carbocycles. The van der Waals surface area contributed by atoms with E-state index in [1.165, 1.54) is 16.6 Å². The number of nitrogens with zero attached hydrogens (tertiary/aromatic N) is 2. The third-order valence-corrected chi connectivity index (χ3v) is 5.13. The third-order valence-electron chi connectivity index (χ3n) is 4.39. The molecule has 0 saturated carbocycles. The molecule has 0 aliphatic rings. The van der Waals surface area contributed by atoms with Gasteiger partial charge in [0, 0.05) is 23.8 Å². The normalized spacial score (nSPS) is 11.5. The number of hydrogen-bond acceptors (Lipinski definition) is 2. The van der Waals surface area contributed by atoms with Gasteiger partial charge in [-0.1, -0.05) is 43.1 Å². The molecule has 0 bridgehead atoms. The van der Waals surface area contributed by atoms with E-state index in [-0.39, 0.29) is 0 Å². The molecule has 25 heavy (non-hydrogen) atoms. The van der Waals surface area contributed by atoms with Crippen LogP contribution in [-0.2, 0) is 6.54 Å². The van der Waals surface area contributed by atoms with E-state index in [9.17, 15) is 0 Å². The van der Waals surface area contributed by atoms with Crippen LogP contribution in [-0.4, -0.2) is 16.2 Å². The molecule has 3 rings (SSSR count). The highest BCUT2D eigenvalue weighted by Gasteiger charge is 2.17. The Morgan fingerprint density at radius 2 is 1.88 bits per heavy atom. The number of hydrogen-bond donors (Lipinski definition) is 0. The van der Waals surface area contributed by atoms with Crippen molar-refractivity contribution in [2.75, 3.05) is 6.61 Å². The predicted octanol–water partition coefficient (Wildman–Crippen LogP) is 6.04. The van der Waals surface area contributed by atoms with Gasteiger partial charge in [0.1, 0.15) is 5.52 Å². The van der Waals surface area contributed by atoms with Crippen LogP contribution in [0.3, 0.4) is 0 Å². The van der Waals surface area contributed by atoms with Gasteiger partial charge in [0.15, 0.2) is 0 Å². The summed E-state index contributed by atoms with van der Waals surface area (Å²) < 4.78 is 8.23. The van der Waals surface area contributed by atoms with Gasteiger partial charge in [0.05, 0.1) is 16.7 Å². The highest BCUT2D eigenvalue weighted by Crippen LogP contribution is 2.32. The molecule has 2 aromatic heterocycles. The molecule has 0 fully saturated rings. The maximum absolute atomic E-state index is 6.18. The van der Waals surface area contributed by atoms with Crippen LogP contribution in [0.1, 0.15) is 30.7 Å². The van der Waals surface area contributed by atoms with E-state index < -0.39 is 0 Å². The number of ether oxygens (including phenoxy) is 1. The molecule has 132 valence electrons. The topological polar surface area (TPSA) is 27.1 Å².